The van der Waals surface area contributed by atoms with Gasteiger partial charge in [-0.2, -0.15) is 5.26 Å². The van der Waals surface area contributed by atoms with Crippen LogP contribution in [0.1, 0.15) is 38.8 Å². The quantitative estimate of drug-likeness (QED) is 0.301. The van der Waals surface area contributed by atoms with Crippen molar-refractivity contribution in [3.05, 3.63) is 52.7 Å². The number of anilines is 4. The number of nitriles is 1. The van der Waals surface area contributed by atoms with Crippen LogP contribution in [-0.2, 0) is 10.2 Å². The van der Waals surface area contributed by atoms with E-state index in [1.165, 1.54) is 7.41 Å². The number of nitrogens with one attached hydrogen (secondary N) is 1. The highest BCUT2D eigenvalue weighted by molar-refractivity contribution is 6.70. The molecule has 1 radical (unpaired) electrons. The van der Waals surface area contributed by atoms with Gasteiger partial charge in [-0.05, 0) is 43.7 Å². The van der Waals surface area contributed by atoms with Crippen LogP contribution in [-0.4, -0.2) is 74.3 Å². The van der Waals surface area contributed by atoms with Crippen molar-refractivity contribution in [1.82, 2.24) is 14.9 Å². The molecule has 1 N–H and O–H groups in total. The van der Waals surface area contributed by atoms with Crippen molar-refractivity contribution in [2.75, 3.05) is 54.9 Å². The summed E-state index contributed by atoms with van der Waals surface area (Å²) >= 11 is 6.78. The zero-order valence-electron chi connectivity index (χ0n) is 24.1. The summed E-state index contributed by atoms with van der Waals surface area (Å²) in [5.74, 6) is 1.02. The lowest BCUT2D eigenvalue weighted by molar-refractivity contribution is 0.209. The maximum absolute atomic E-state index is 11.2. The number of fused-ring (bicyclic) bond motifs is 1. The van der Waals surface area contributed by atoms with Gasteiger partial charge in [-0.25, -0.2) is 9.97 Å². The van der Waals surface area contributed by atoms with Crippen molar-refractivity contribution in [2.45, 2.75) is 39.2 Å². The summed E-state index contributed by atoms with van der Waals surface area (Å²) in [4.78, 5) is 27.0. The van der Waals surface area contributed by atoms with Crippen molar-refractivity contribution < 1.29 is 9.53 Å². The predicted molar refractivity (Wildman–Crippen MR) is 165 cm³/mol. The molecule has 3 heterocycles. The van der Waals surface area contributed by atoms with Crippen molar-refractivity contribution in [3.63, 3.8) is 0 Å². The molecule has 0 amide bonds. The van der Waals surface area contributed by atoms with Crippen LogP contribution in [0.3, 0.4) is 0 Å². The maximum atomic E-state index is 11.2. The van der Waals surface area contributed by atoms with Gasteiger partial charge >= 0.3 is 7.41 Å². The Kier molecular flexibility index (Phi) is 8.12. The lowest BCUT2D eigenvalue weighted by atomic mass is 9.84. The van der Waals surface area contributed by atoms with E-state index in [0.29, 0.717) is 46.3 Å². The summed E-state index contributed by atoms with van der Waals surface area (Å²) in [7, 11) is 3.11. The van der Waals surface area contributed by atoms with Crippen LogP contribution in [0.5, 0.6) is 5.75 Å². The van der Waals surface area contributed by atoms with Crippen LogP contribution >= 0.6 is 11.6 Å². The molecule has 1 aromatic heterocycles. The first-order chi connectivity index (χ1) is 19.6. The van der Waals surface area contributed by atoms with Crippen LogP contribution < -0.4 is 19.8 Å². The number of halogens is 1. The lowest BCUT2D eigenvalue weighted by Crippen LogP contribution is -2.49. The predicted octanol–water partition coefficient (Wildman–Crippen LogP) is 4.86. The standard InChI is InChI=1S/C30H34BClN7O2/c1-19(2)37-8-10-38(11-9-37)26-15-27(41-5)25(14-23(26)32)36-29-34-7-6-24(35-29)20-12-21(16-33)28-22(13-20)30(3,4)17-39(28)31-18-40/h6-7,12-15,18-19H,8-11,17H2,1-5H3,(H,34,35,36). The summed E-state index contributed by atoms with van der Waals surface area (Å²) in [5, 5.41) is 13.9. The minimum absolute atomic E-state index is 0.252. The summed E-state index contributed by atoms with van der Waals surface area (Å²) in [5.41, 5.74) is 5.07. The largest absolute Gasteiger partial charge is 0.494 e. The molecule has 11 heteroatoms. The number of carbonyl (C=O) groups is 1. The van der Waals surface area contributed by atoms with Crippen LogP contribution in [0, 0.1) is 11.3 Å². The third-order valence-electron chi connectivity index (χ3n) is 7.91. The first-order valence-electron chi connectivity index (χ1n) is 13.8. The lowest BCUT2D eigenvalue weighted by Gasteiger charge is -2.38. The summed E-state index contributed by atoms with van der Waals surface area (Å²) in [6.07, 6.45) is 2.43. The van der Waals surface area contributed by atoms with Gasteiger partial charge in [0.1, 0.15) is 18.0 Å². The van der Waals surface area contributed by atoms with E-state index in [1.54, 1.807) is 13.3 Å². The smallest absolute Gasteiger partial charge is 0.329 e. The van der Waals surface area contributed by atoms with Gasteiger partial charge in [-0.3, -0.25) is 4.90 Å². The number of carbonyl (C=O) groups excluding carboxylic acids is 1. The average molecular weight is 571 g/mol. The second-order valence-electron chi connectivity index (χ2n) is 11.3. The topological polar surface area (TPSA) is 97.6 Å². The molecule has 0 spiro atoms. The summed E-state index contributed by atoms with van der Waals surface area (Å²) in [6, 6.07) is 12.3. The normalized spacial score (nSPS) is 16.3. The van der Waals surface area contributed by atoms with Crippen molar-refractivity contribution in [1.29, 1.82) is 5.26 Å². The van der Waals surface area contributed by atoms with E-state index in [4.69, 9.17) is 21.3 Å². The third-order valence-corrected chi connectivity index (χ3v) is 8.21. The molecule has 0 saturated carbocycles. The van der Waals surface area contributed by atoms with Crippen LogP contribution in [0.2, 0.25) is 5.02 Å². The second kappa shape index (κ2) is 11.6. The number of aromatic nitrogens is 2. The Morgan fingerprint density at radius 2 is 1.95 bits per heavy atom. The van der Waals surface area contributed by atoms with E-state index in [-0.39, 0.29) is 5.41 Å². The van der Waals surface area contributed by atoms with Gasteiger partial charge in [0, 0.05) is 67.7 Å². The van der Waals surface area contributed by atoms with Crippen molar-refractivity contribution in [3.8, 4) is 23.1 Å². The Bertz CT molecular complexity index is 1500. The molecule has 2 aliphatic rings. The Morgan fingerprint density at radius 3 is 2.61 bits per heavy atom. The molecule has 2 aromatic carbocycles. The van der Waals surface area contributed by atoms with Crippen LogP contribution in [0.25, 0.3) is 11.3 Å². The van der Waals surface area contributed by atoms with E-state index in [2.05, 4.69) is 53.9 Å². The highest BCUT2D eigenvalue weighted by atomic mass is 35.5. The number of hydrogen-bond donors (Lipinski definition) is 1. The van der Waals surface area contributed by atoms with Gasteiger partial charge in [0.25, 0.3) is 0 Å². The van der Waals surface area contributed by atoms with Gasteiger partial charge in [0.2, 0.25) is 5.95 Å². The Labute approximate surface area is 247 Å². The van der Waals surface area contributed by atoms with Crippen molar-refractivity contribution in [2.24, 2.45) is 0 Å². The molecule has 1 saturated heterocycles. The highest BCUT2D eigenvalue weighted by Crippen LogP contribution is 2.44. The van der Waals surface area contributed by atoms with Crippen molar-refractivity contribution >= 4 is 48.2 Å². The molecule has 0 aliphatic carbocycles. The summed E-state index contributed by atoms with van der Waals surface area (Å²) < 4.78 is 5.73. The number of nitrogens with zero attached hydrogens (tertiary/aromatic N) is 6. The fourth-order valence-electron chi connectivity index (χ4n) is 5.71. The molecule has 3 aromatic rings. The van der Waals surface area contributed by atoms with Gasteiger partial charge in [0.15, 0.2) is 0 Å². The number of rotatable bonds is 8. The molecule has 0 unspecified atom stereocenters. The fraction of sp³-hybridized carbons (Fsp3) is 0.400. The molecule has 1 fully saturated rings. The molecule has 0 atom stereocenters. The molecule has 41 heavy (non-hydrogen) atoms. The number of methoxy groups -OCH3 is 1. The van der Waals surface area contributed by atoms with E-state index in [9.17, 15) is 10.1 Å². The third kappa shape index (κ3) is 5.70. The highest BCUT2D eigenvalue weighted by Gasteiger charge is 2.37. The second-order valence-corrected chi connectivity index (χ2v) is 11.7. The van der Waals surface area contributed by atoms with Gasteiger partial charge in [-0.1, -0.05) is 25.4 Å². The van der Waals surface area contributed by atoms with Crippen LogP contribution in [0.4, 0.5) is 23.0 Å². The van der Waals surface area contributed by atoms with Gasteiger partial charge in [0.05, 0.1) is 34.8 Å². The molecular formula is C30H34BClN7O2. The average Bonchev–Trinajstić information content (AvgIpc) is 3.22. The molecule has 2 aliphatic heterocycles. The van der Waals surface area contributed by atoms with E-state index < -0.39 is 0 Å². The maximum Gasteiger partial charge on any atom is 0.329 e. The zero-order valence-corrected chi connectivity index (χ0v) is 24.9. The Hall–Kier alpha value is -3.81. The molecular weight excluding hydrogens is 537 g/mol. The number of benzene rings is 2. The first kappa shape index (κ1) is 28.7. The Morgan fingerprint density at radius 1 is 1.20 bits per heavy atom. The fourth-order valence-corrected chi connectivity index (χ4v) is 6.00. The van der Waals surface area contributed by atoms with E-state index >= 15 is 0 Å². The molecule has 0 bridgehead atoms. The van der Waals surface area contributed by atoms with Gasteiger partial charge in [-0.15, -0.1) is 0 Å². The molecule has 9 nitrogen and oxygen atoms in total. The Balaban J connectivity index is 1.43. The molecule has 211 valence electrons. The van der Waals surface area contributed by atoms with E-state index in [0.717, 1.165) is 54.9 Å². The number of ether oxygens (including phenoxy) is 1. The number of piperazine rings is 1. The van der Waals surface area contributed by atoms with Crippen LogP contribution in [0.15, 0.2) is 36.5 Å². The SMILES string of the molecule is COc1cc(N2CCN(C(C)C)CC2)c(Cl)cc1Nc1nccc(-c2cc(C#N)c3c(c2)C(C)(C)CN3[B]C=O)n1. The molecule has 5 rings (SSSR count). The summed E-state index contributed by atoms with van der Waals surface area (Å²) in [6.45, 7) is 13.0. The van der Waals surface area contributed by atoms with Gasteiger partial charge < -0.3 is 24.6 Å². The number of hydrogen-bond acceptors (Lipinski definition) is 9. The first-order valence-corrected chi connectivity index (χ1v) is 14.1. The minimum atomic E-state index is -0.252. The zero-order chi connectivity index (χ0) is 29.3. The minimum Gasteiger partial charge on any atom is -0.494 e. The monoisotopic (exact) mass is 570 g/mol. The van der Waals surface area contributed by atoms with E-state index in [1.807, 2.05) is 35.1 Å².